The molecule has 2 aliphatic heterocycles. The third kappa shape index (κ3) is 5.06. The lowest BCUT2D eigenvalue weighted by molar-refractivity contribution is -0.137. The normalized spacial score (nSPS) is 21.0. The van der Waals surface area contributed by atoms with Gasteiger partial charge in [0, 0.05) is 44.2 Å². The molecule has 2 atom stereocenters. The SMILES string of the molecule is Cc1ncoc1-c1nnc(SCCCN2CC3[C@@H](CCCN3c3ccc(C(F)(F)F)cc3)C2)n1C. The largest absolute Gasteiger partial charge is 0.440 e. The van der Waals surface area contributed by atoms with E-state index in [1.54, 1.807) is 23.9 Å². The van der Waals surface area contributed by atoms with Gasteiger partial charge in [-0.3, -0.25) is 0 Å². The second kappa shape index (κ2) is 9.85. The number of oxazole rings is 1. The van der Waals surface area contributed by atoms with E-state index >= 15 is 0 Å². The molecule has 0 amide bonds. The Morgan fingerprint density at radius 1 is 1.14 bits per heavy atom. The van der Waals surface area contributed by atoms with Crippen molar-refractivity contribution in [2.75, 3.05) is 36.8 Å². The number of likely N-dealkylation sites (tertiary alicyclic amines) is 1. The lowest BCUT2D eigenvalue weighted by atomic mass is 9.91. The van der Waals surface area contributed by atoms with Crippen LogP contribution in [0.5, 0.6) is 0 Å². The van der Waals surface area contributed by atoms with Crippen molar-refractivity contribution in [3.8, 4) is 11.6 Å². The number of halogens is 3. The summed E-state index contributed by atoms with van der Waals surface area (Å²) in [6.45, 7) is 5.77. The minimum absolute atomic E-state index is 0.361. The summed E-state index contributed by atoms with van der Waals surface area (Å²) < 4.78 is 46.2. The molecular formula is C24H29F3N6OS. The van der Waals surface area contributed by atoms with E-state index in [4.69, 9.17) is 4.42 Å². The molecule has 3 aromatic rings. The van der Waals surface area contributed by atoms with Gasteiger partial charge in [0.1, 0.15) is 0 Å². The zero-order valence-corrected chi connectivity index (χ0v) is 20.6. The molecule has 2 saturated heterocycles. The van der Waals surface area contributed by atoms with Gasteiger partial charge in [0.15, 0.2) is 17.3 Å². The first-order valence-electron chi connectivity index (χ1n) is 11.9. The van der Waals surface area contributed by atoms with Crippen LogP contribution in [-0.4, -0.2) is 62.6 Å². The first-order chi connectivity index (χ1) is 16.8. The van der Waals surface area contributed by atoms with Gasteiger partial charge in [-0.2, -0.15) is 13.2 Å². The van der Waals surface area contributed by atoms with E-state index in [0.717, 1.165) is 61.3 Å². The smallest absolute Gasteiger partial charge is 0.416 e. The van der Waals surface area contributed by atoms with Gasteiger partial charge in [-0.05, 0) is 62.9 Å². The number of rotatable bonds is 7. The number of aryl methyl sites for hydroxylation is 1. The molecule has 35 heavy (non-hydrogen) atoms. The zero-order valence-electron chi connectivity index (χ0n) is 19.8. The molecule has 2 aromatic heterocycles. The van der Waals surface area contributed by atoms with Gasteiger partial charge in [0.25, 0.3) is 0 Å². The molecule has 2 aliphatic rings. The summed E-state index contributed by atoms with van der Waals surface area (Å²) >= 11 is 1.68. The molecule has 0 saturated carbocycles. The van der Waals surface area contributed by atoms with E-state index in [0.29, 0.717) is 23.5 Å². The van der Waals surface area contributed by atoms with Crippen molar-refractivity contribution in [2.45, 2.75) is 43.6 Å². The summed E-state index contributed by atoms with van der Waals surface area (Å²) in [7, 11) is 1.93. The van der Waals surface area contributed by atoms with E-state index in [9.17, 15) is 13.2 Å². The number of thioether (sulfide) groups is 1. The van der Waals surface area contributed by atoms with E-state index < -0.39 is 11.7 Å². The highest BCUT2D eigenvalue weighted by atomic mass is 32.2. The van der Waals surface area contributed by atoms with Gasteiger partial charge < -0.3 is 18.8 Å². The van der Waals surface area contributed by atoms with Crippen molar-refractivity contribution >= 4 is 17.4 Å². The van der Waals surface area contributed by atoms with Gasteiger partial charge >= 0.3 is 6.18 Å². The number of piperidine rings is 1. The summed E-state index contributed by atoms with van der Waals surface area (Å²) in [5.74, 6) is 2.80. The quantitative estimate of drug-likeness (QED) is 0.334. The van der Waals surface area contributed by atoms with Crippen molar-refractivity contribution in [2.24, 2.45) is 13.0 Å². The standard InChI is InChI=1S/C24H29F3N6OS/c1-16-21(34-15-28-16)22-29-30-23(31(22)2)35-12-4-10-32-13-17-5-3-11-33(20(17)14-32)19-8-6-18(7-9-19)24(25,26)27/h6-9,15,17,20H,3-5,10-14H2,1-2H3/t17-,20?/m0/s1. The Bertz CT molecular complexity index is 1150. The lowest BCUT2D eigenvalue weighted by Crippen LogP contribution is -2.45. The van der Waals surface area contributed by atoms with Crippen LogP contribution in [0.4, 0.5) is 18.9 Å². The maximum absolute atomic E-state index is 13.0. The Morgan fingerprint density at radius 3 is 2.66 bits per heavy atom. The molecule has 1 unspecified atom stereocenters. The summed E-state index contributed by atoms with van der Waals surface area (Å²) in [5, 5.41) is 9.41. The van der Waals surface area contributed by atoms with Crippen molar-refractivity contribution in [1.29, 1.82) is 0 Å². The third-order valence-electron chi connectivity index (χ3n) is 7.02. The highest BCUT2D eigenvalue weighted by Gasteiger charge is 2.39. The van der Waals surface area contributed by atoms with E-state index in [-0.39, 0.29) is 0 Å². The van der Waals surface area contributed by atoms with Crippen LogP contribution in [0.15, 0.2) is 40.2 Å². The fraction of sp³-hybridized carbons (Fsp3) is 0.542. The number of fused-ring (bicyclic) bond motifs is 1. The molecule has 0 spiro atoms. The number of alkyl halides is 3. The van der Waals surface area contributed by atoms with Crippen molar-refractivity contribution in [3.05, 3.63) is 41.9 Å². The molecule has 4 heterocycles. The number of anilines is 1. The first-order valence-corrected chi connectivity index (χ1v) is 12.9. The number of aromatic nitrogens is 4. The average Bonchev–Trinajstić information content (AvgIpc) is 3.54. The van der Waals surface area contributed by atoms with Gasteiger partial charge in [-0.1, -0.05) is 11.8 Å². The Balaban J connectivity index is 1.14. The Hall–Kier alpha value is -2.53. The maximum atomic E-state index is 13.0. The van der Waals surface area contributed by atoms with Crippen LogP contribution < -0.4 is 4.90 Å². The number of hydrogen-bond acceptors (Lipinski definition) is 7. The minimum Gasteiger partial charge on any atom is -0.440 e. The topological polar surface area (TPSA) is 63.2 Å². The average molecular weight is 507 g/mol. The van der Waals surface area contributed by atoms with Gasteiger partial charge in [-0.15, -0.1) is 10.2 Å². The van der Waals surface area contributed by atoms with E-state index in [1.807, 2.05) is 18.5 Å². The molecule has 7 nitrogen and oxygen atoms in total. The third-order valence-corrected chi connectivity index (χ3v) is 8.12. The van der Waals surface area contributed by atoms with Crippen LogP contribution in [0.3, 0.4) is 0 Å². The molecule has 0 radical (unpaired) electrons. The fourth-order valence-electron chi connectivity index (χ4n) is 5.22. The van der Waals surface area contributed by atoms with Crippen molar-refractivity contribution < 1.29 is 17.6 Å². The predicted octanol–water partition coefficient (Wildman–Crippen LogP) is 4.88. The molecule has 0 aliphatic carbocycles. The Labute approximate surface area is 206 Å². The summed E-state index contributed by atoms with van der Waals surface area (Å²) in [6.07, 6.45) is 0.389. The number of nitrogens with zero attached hydrogens (tertiary/aromatic N) is 6. The van der Waals surface area contributed by atoms with Crippen LogP contribution in [0.25, 0.3) is 11.6 Å². The molecular weight excluding hydrogens is 477 g/mol. The summed E-state index contributed by atoms with van der Waals surface area (Å²) in [6, 6.07) is 6.01. The maximum Gasteiger partial charge on any atom is 0.416 e. The predicted molar refractivity (Wildman–Crippen MR) is 128 cm³/mol. The van der Waals surface area contributed by atoms with Gasteiger partial charge in [0.05, 0.1) is 11.3 Å². The zero-order chi connectivity index (χ0) is 24.6. The number of hydrogen-bond donors (Lipinski definition) is 0. The monoisotopic (exact) mass is 506 g/mol. The number of benzene rings is 1. The fourth-order valence-corrected chi connectivity index (χ4v) is 6.05. The second-order valence-electron chi connectivity index (χ2n) is 9.30. The van der Waals surface area contributed by atoms with Gasteiger partial charge in [-0.25, -0.2) is 4.98 Å². The van der Waals surface area contributed by atoms with E-state index in [1.165, 1.54) is 24.9 Å². The summed E-state index contributed by atoms with van der Waals surface area (Å²) in [5.41, 5.74) is 1.09. The van der Waals surface area contributed by atoms with Crippen LogP contribution in [0, 0.1) is 12.8 Å². The second-order valence-corrected chi connectivity index (χ2v) is 10.4. The van der Waals surface area contributed by atoms with Crippen LogP contribution in [0.1, 0.15) is 30.5 Å². The molecule has 5 rings (SSSR count). The summed E-state index contributed by atoms with van der Waals surface area (Å²) in [4.78, 5) is 8.94. The first kappa shape index (κ1) is 24.2. The minimum atomic E-state index is -4.30. The highest BCUT2D eigenvalue weighted by Crippen LogP contribution is 2.36. The Kier molecular flexibility index (Phi) is 6.80. The molecule has 2 fully saturated rings. The van der Waals surface area contributed by atoms with Crippen LogP contribution >= 0.6 is 11.8 Å². The Morgan fingerprint density at radius 2 is 1.94 bits per heavy atom. The lowest BCUT2D eigenvalue weighted by Gasteiger charge is -2.39. The highest BCUT2D eigenvalue weighted by molar-refractivity contribution is 7.99. The molecule has 1 aromatic carbocycles. The van der Waals surface area contributed by atoms with Crippen molar-refractivity contribution in [1.82, 2.24) is 24.6 Å². The van der Waals surface area contributed by atoms with Crippen molar-refractivity contribution in [3.63, 3.8) is 0 Å². The molecule has 0 bridgehead atoms. The van der Waals surface area contributed by atoms with Crippen LogP contribution in [-0.2, 0) is 13.2 Å². The van der Waals surface area contributed by atoms with E-state index in [2.05, 4.69) is 25.0 Å². The molecule has 0 N–H and O–H groups in total. The molecule has 188 valence electrons. The van der Waals surface area contributed by atoms with Crippen LogP contribution in [0.2, 0.25) is 0 Å². The van der Waals surface area contributed by atoms with Gasteiger partial charge in [0.2, 0.25) is 5.82 Å². The molecule has 11 heteroatoms.